The molecule has 2 aliphatic heterocycles. The molecular weight excluding hydrogens is 680 g/mol. The quantitative estimate of drug-likeness (QED) is 0.0795. The van der Waals surface area contributed by atoms with E-state index in [1.54, 1.807) is 54.6 Å². The summed E-state index contributed by atoms with van der Waals surface area (Å²) in [6.07, 6.45) is 2.43. The molecule has 8 rings (SSSR count). The Labute approximate surface area is 275 Å². The van der Waals surface area contributed by atoms with Gasteiger partial charge < -0.3 is 14.4 Å². The summed E-state index contributed by atoms with van der Waals surface area (Å²) in [5, 5.41) is -8.60. The highest BCUT2D eigenvalue weighted by molar-refractivity contribution is 6.28. The fraction of sp³-hybridized carbons (Fsp3) is 0.135. The van der Waals surface area contributed by atoms with Gasteiger partial charge in [-0.05, 0) is 24.3 Å². The molecule has 0 aliphatic carbocycles. The summed E-state index contributed by atoms with van der Waals surface area (Å²) in [6.45, 7) is 2.27. The second-order valence-corrected chi connectivity index (χ2v) is 11.8. The minimum absolute atomic E-state index is 0.389. The summed E-state index contributed by atoms with van der Waals surface area (Å²) in [4.78, 5) is 2.07. The summed E-state index contributed by atoms with van der Waals surface area (Å²) in [6, 6.07) is 15.1. The average molecular weight is 700 g/mol. The number of hydrogen-bond donors (Lipinski definition) is 0. The fourth-order valence-electron chi connectivity index (χ4n) is 6.94. The van der Waals surface area contributed by atoms with E-state index >= 15 is 26.3 Å². The average Bonchev–Trinajstić information content (AvgIpc) is 3.16. The zero-order valence-corrected chi connectivity index (χ0v) is 25.2. The molecule has 50 heavy (non-hydrogen) atoms. The van der Waals surface area contributed by atoms with Gasteiger partial charge in [-0.3, -0.25) is 0 Å². The van der Waals surface area contributed by atoms with Crippen molar-refractivity contribution in [2.45, 2.75) is 5.60 Å². The molecule has 254 valence electrons. The van der Waals surface area contributed by atoms with Gasteiger partial charge in [0.2, 0.25) is 5.82 Å². The monoisotopic (exact) mass is 699 g/mol. The Hall–Kier alpha value is -5.30. The van der Waals surface area contributed by atoms with E-state index in [1.807, 2.05) is 0 Å². The molecule has 0 aromatic heterocycles. The van der Waals surface area contributed by atoms with Gasteiger partial charge in [0, 0.05) is 67.8 Å². The van der Waals surface area contributed by atoms with Crippen LogP contribution in [0.5, 0.6) is 5.75 Å². The smallest absolute Gasteiger partial charge is 0.202 e. The molecule has 13 heteroatoms. The third-order valence-electron chi connectivity index (χ3n) is 9.28. The zero-order valence-electron chi connectivity index (χ0n) is 25.2. The molecule has 0 N–H and O–H groups in total. The van der Waals surface area contributed by atoms with Crippen LogP contribution in [0.1, 0.15) is 16.7 Å². The van der Waals surface area contributed by atoms with Gasteiger partial charge in [0.25, 0.3) is 0 Å². The van der Waals surface area contributed by atoms with E-state index in [4.69, 9.17) is 9.47 Å². The normalized spacial score (nSPS) is 17.5. The summed E-state index contributed by atoms with van der Waals surface area (Å²) in [5.41, 5.74) is -0.746. The van der Waals surface area contributed by atoms with Gasteiger partial charge in [0.15, 0.2) is 63.7 Å². The van der Waals surface area contributed by atoms with Crippen LogP contribution < -0.4 is 9.64 Å². The number of morpholine rings is 1. The van der Waals surface area contributed by atoms with Crippen LogP contribution in [0.4, 0.5) is 49.6 Å². The number of hydrogen-bond acceptors (Lipinski definition) is 3. The van der Waals surface area contributed by atoms with E-state index in [0.717, 1.165) is 11.8 Å². The van der Waals surface area contributed by atoms with Gasteiger partial charge in [0.1, 0.15) is 0 Å². The van der Waals surface area contributed by atoms with E-state index in [9.17, 15) is 17.6 Å². The number of benzene rings is 6. The van der Waals surface area contributed by atoms with Crippen molar-refractivity contribution in [2.24, 2.45) is 0 Å². The van der Waals surface area contributed by atoms with Crippen LogP contribution in [-0.2, 0) is 10.3 Å². The van der Waals surface area contributed by atoms with Crippen molar-refractivity contribution in [3.8, 4) is 5.75 Å². The lowest BCUT2D eigenvalue weighted by Crippen LogP contribution is -2.37. The van der Waals surface area contributed by atoms with Crippen LogP contribution in [0.3, 0.4) is 0 Å². The van der Waals surface area contributed by atoms with Gasteiger partial charge >= 0.3 is 0 Å². The summed E-state index contributed by atoms with van der Waals surface area (Å²) in [7, 11) is 0. The molecule has 2 heterocycles. The summed E-state index contributed by atoms with van der Waals surface area (Å²) in [5.74, 6) is -24.0. The van der Waals surface area contributed by atoms with E-state index in [1.165, 1.54) is 6.08 Å². The minimum Gasteiger partial charge on any atom is -0.470 e. The zero-order chi connectivity index (χ0) is 35.2. The van der Waals surface area contributed by atoms with Crippen molar-refractivity contribution >= 4 is 44.1 Å². The van der Waals surface area contributed by atoms with Gasteiger partial charge in [-0.25, -0.2) is 39.5 Å². The standard InChI is InChI=1S/C37H19F10NO2/c38-26-21-20-19-10-11-37(16-4-2-1-3-5-16,17-6-8-18(9-7-17)48-12-14-49-15-13-48)50-36(19)35(47)30(42)22(20)24-25(23(21)27(39)32(44)31(26)43)29(41)34(46)33(45)28(24)40/h1-11H,12-15H2. The highest BCUT2D eigenvalue weighted by Crippen LogP contribution is 2.51. The highest BCUT2D eigenvalue weighted by atomic mass is 19.2. The first kappa shape index (κ1) is 31.9. The molecular formula is C37H19F10NO2. The molecule has 1 saturated heterocycles. The Morgan fingerprint density at radius 3 is 1.42 bits per heavy atom. The van der Waals surface area contributed by atoms with Crippen molar-refractivity contribution < 1.29 is 53.4 Å². The first-order valence-corrected chi connectivity index (χ1v) is 15.1. The molecule has 1 fully saturated rings. The maximum atomic E-state index is 16.3. The topological polar surface area (TPSA) is 21.7 Å². The Bertz CT molecular complexity index is 2400. The lowest BCUT2D eigenvalue weighted by atomic mass is 9.82. The molecule has 3 nitrogen and oxygen atoms in total. The number of rotatable bonds is 3. The van der Waals surface area contributed by atoms with Gasteiger partial charge in [-0.2, -0.15) is 4.39 Å². The molecule has 0 radical (unpaired) electrons. The number of fused-ring (bicyclic) bond motifs is 8. The van der Waals surface area contributed by atoms with Crippen LogP contribution in [-0.4, -0.2) is 26.3 Å². The Morgan fingerprint density at radius 2 is 0.920 bits per heavy atom. The molecule has 0 amide bonds. The van der Waals surface area contributed by atoms with Crippen LogP contribution >= 0.6 is 0 Å². The van der Waals surface area contributed by atoms with Crippen LogP contribution in [0.15, 0.2) is 60.7 Å². The number of anilines is 1. The Kier molecular flexibility index (Phi) is 7.26. The molecule has 6 aromatic carbocycles. The Balaban J connectivity index is 1.48. The molecule has 2 aliphatic rings. The first-order chi connectivity index (χ1) is 24.0. The predicted molar refractivity (Wildman–Crippen MR) is 165 cm³/mol. The molecule has 0 saturated carbocycles. The van der Waals surface area contributed by atoms with Gasteiger partial charge in [-0.1, -0.05) is 42.5 Å². The fourth-order valence-corrected chi connectivity index (χ4v) is 6.94. The first-order valence-electron chi connectivity index (χ1n) is 15.1. The maximum absolute atomic E-state index is 16.3. The second-order valence-electron chi connectivity index (χ2n) is 11.8. The molecule has 6 aromatic rings. The lowest BCUT2D eigenvalue weighted by molar-refractivity contribution is 0.122. The number of halogens is 10. The van der Waals surface area contributed by atoms with Crippen LogP contribution in [0.25, 0.3) is 38.4 Å². The highest BCUT2D eigenvalue weighted by Gasteiger charge is 2.41. The van der Waals surface area contributed by atoms with Crippen molar-refractivity contribution in [2.75, 3.05) is 31.2 Å². The molecule has 0 bridgehead atoms. The lowest BCUT2D eigenvalue weighted by Gasteiger charge is -2.37. The van der Waals surface area contributed by atoms with E-state index in [-0.39, 0.29) is 0 Å². The third-order valence-corrected chi connectivity index (χ3v) is 9.28. The van der Waals surface area contributed by atoms with E-state index in [0.29, 0.717) is 37.4 Å². The van der Waals surface area contributed by atoms with Crippen LogP contribution in [0.2, 0.25) is 0 Å². The minimum atomic E-state index is -2.53. The summed E-state index contributed by atoms with van der Waals surface area (Å²) < 4.78 is 165. The van der Waals surface area contributed by atoms with Gasteiger partial charge in [0.05, 0.1) is 13.2 Å². The SMILES string of the molecule is Fc1c(F)c(F)c2c(c1F)c1c(F)c(F)c(F)c(F)c1c1c3c(c(F)c(F)c21)OC(c1ccccc1)(c1ccc(N2CCOCC2)cc1)C=C3. The second kappa shape index (κ2) is 11.4. The summed E-state index contributed by atoms with van der Waals surface area (Å²) >= 11 is 0. The Morgan fingerprint density at radius 1 is 0.480 bits per heavy atom. The van der Waals surface area contributed by atoms with Crippen molar-refractivity contribution in [3.63, 3.8) is 0 Å². The van der Waals surface area contributed by atoms with Crippen LogP contribution in [0, 0.1) is 58.2 Å². The maximum Gasteiger partial charge on any atom is 0.202 e. The molecule has 1 unspecified atom stereocenters. The van der Waals surface area contributed by atoms with E-state index in [2.05, 4.69) is 4.90 Å². The molecule has 0 spiro atoms. The van der Waals surface area contributed by atoms with Crippen molar-refractivity contribution in [3.05, 3.63) is 136 Å². The predicted octanol–water partition coefficient (Wildman–Crippen LogP) is 9.72. The molecule has 1 atom stereocenters. The number of nitrogens with zero attached hydrogens (tertiary/aromatic N) is 1. The van der Waals surface area contributed by atoms with E-state index < -0.39 is 107 Å². The largest absolute Gasteiger partial charge is 0.470 e. The van der Waals surface area contributed by atoms with Crippen molar-refractivity contribution in [1.29, 1.82) is 0 Å². The third kappa shape index (κ3) is 4.28. The van der Waals surface area contributed by atoms with Crippen molar-refractivity contribution in [1.82, 2.24) is 0 Å². The van der Waals surface area contributed by atoms with Gasteiger partial charge in [-0.15, -0.1) is 0 Å². The number of ether oxygens (including phenoxy) is 2.